The topological polar surface area (TPSA) is 43.4 Å². The molecule has 3 heteroatoms. The SMILES string of the molecule is C=Cc1ccc(CCC2CC3CC2C2C(=O)OC(=O)C32)cc1. The highest BCUT2D eigenvalue weighted by atomic mass is 16.6. The van der Waals surface area contributed by atoms with Gasteiger partial charge in [-0.05, 0) is 54.6 Å². The highest BCUT2D eigenvalue weighted by Gasteiger charge is 2.62. The largest absolute Gasteiger partial charge is 0.393 e. The number of carbonyl (C=O) groups excluding carboxylic acids is 2. The van der Waals surface area contributed by atoms with E-state index in [4.69, 9.17) is 4.74 Å². The molecule has 1 heterocycles. The van der Waals surface area contributed by atoms with E-state index >= 15 is 0 Å². The molecule has 1 saturated heterocycles. The van der Waals surface area contributed by atoms with Gasteiger partial charge in [0, 0.05) is 0 Å². The highest BCUT2D eigenvalue weighted by molar-refractivity contribution is 5.97. The maximum Gasteiger partial charge on any atom is 0.317 e. The van der Waals surface area contributed by atoms with Crippen molar-refractivity contribution in [2.24, 2.45) is 29.6 Å². The van der Waals surface area contributed by atoms with Gasteiger partial charge in [-0.2, -0.15) is 0 Å². The van der Waals surface area contributed by atoms with Crippen molar-refractivity contribution in [1.29, 1.82) is 0 Å². The van der Waals surface area contributed by atoms with Crippen LogP contribution in [-0.4, -0.2) is 11.9 Å². The maximum absolute atomic E-state index is 11.9. The van der Waals surface area contributed by atoms with Crippen molar-refractivity contribution in [3.8, 4) is 0 Å². The summed E-state index contributed by atoms with van der Waals surface area (Å²) >= 11 is 0. The van der Waals surface area contributed by atoms with Gasteiger partial charge in [-0.1, -0.05) is 36.9 Å². The van der Waals surface area contributed by atoms with Crippen LogP contribution >= 0.6 is 0 Å². The first-order chi connectivity index (χ1) is 10.7. The summed E-state index contributed by atoms with van der Waals surface area (Å²) in [5.74, 6) is 0.510. The van der Waals surface area contributed by atoms with Gasteiger partial charge in [0.05, 0.1) is 11.8 Å². The molecule has 0 N–H and O–H groups in total. The first-order valence-electron chi connectivity index (χ1n) is 8.14. The Hall–Kier alpha value is -1.90. The summed E-state index contributed by atoms with van der Waals surface area (Å²) in [6.45, 7) is 3.77. The van der Waals surface area contributed by atoms with Gasteiger partial charge >= 0.3 is 11.9 Å². The fourth-order valence-electron chi connectivity index (χ4n) is 4.89. The molecule has 22 heavy (non-hydrogen) atoms. The number of benzene rings is 1. The van der Waals surface area contributed by atoms with Crippen LogP contribution in [0.15, 0.2) is 30.8 Å². The third-order valence-electron chi connectivity index (χ3n) is 5.91. The fourth-order valence-corrected chi connectivity index (χ4v) is 4.89. The minimum absolute atomic E-state index is 0.124. The molecule has 5 unspecified atom stereocenters. The molecule has 1 aromatic carbocycles. The lowest BCUT2D eigenvalue weighted by atomic mass is 9.73. The van der Waals surface area contributed by atoms with Crippen LogP contribution in [0, 0.1) is 29.6 Å². The lowest BCUT2D eigenvalue weighted by Gasteiger charge is -2.27. The Labute approximate surface area is 130 Å². The minimum atomic E-state index is -0.263. The van der Waals surface area contributed by atoms with Gasteiger partial charge in [0.15, 0.2) is 0 Å². The molecule has 0 radical (unpaired) electrons. The summed E-state index contributed by atoms with van der Waals surface area (Å²) in [6.07, 6.45) is 6.10. The van der Waals surface area contributed by atoms with Crippen LogP contribution in [0.1, 0.15) is 30.4 Å². The van der Waals surface area contributed by atoms with Gasteiger partial charge in [0.2, 0.25) is 0 Å². The van der Waals surface area contributed by atoms with Crippen molar-refractivity contribution < 1.29 is 14.3 Å². The van der Waals surface area contributed by atoms with E-state index in [-0.39, 0.29) is 23.8 Å². The highest BCUT2D eigenvalue weighted by Crippen LogP contribution is 2.59. The van der Waals surface area contributed by atoms with E-state index in [0.717, 1.165) is 31.2 Å². The molecule has 2 saturated carbocycles. The zero-order valence-electron chi connectivity index (χ0n) is 12.5. The maximum atomic E-state index is 11.9. The van der Waals surface area contributed by atoms with Crippen LogP contribution in [0.4, 0.5) is 0 Å². The smallest absolute Gasteiger partial charge is 0.317 e. The third kappa shape index (κ3) is 2.03. The monoisotopic (exact) mass is 296 g/mol. The number of cyclic esters (lactones) is 2. The third-order valence-corrected chi connectivity index (χ3v) is 5.91. The number of aryl methyl sites for hydroxylation is 1. The molecule has 0 amide bonds. The molecule has 3 fully saturated rings. The average Bonchev–Trinajstić information content (AvgIpc) is 3.18. The fraction of sp³-hybridized carbons (Fsp3) is 0.474. The van der Waals surface area contributed by atoms with Crippen molar-refractivity contribution in [3.05, 3.63) is 42.0 Å². The number of carbonyl (C=O) groups is 2. The summed E-state index contributed by atoms with van der Waals surface area (Å²) in [7, 11) is 0. The zero-order chi connectivity index (χ0) is 15.3. The van der Waals surface area contributed by atoms with E-state index in [9.17, 15) is 9.59 Å². The minimum Gasteiger partial charge on any atom is -0.393 e. The van der Waals surface area contributed by atoms with Crippen LogP contribution in [0.3, 0.4) is 0 Å². The molecular formula is C19H20O3. The Bertz CT molecular complexity index is 631. The van der Waals surface area contributed by atoms with Gasteiger partial charge in [0.1, 0.15) is 0 Å². The number of hydrogen-bond donors (Lipinski definition) is 0. The molecular weight excluding hydrogens is 276 g/mol. The van der Waals surface area contributed by atoms with Crippen molar-refractivity contribution in [3.63, 3.8) is 0 Å². The molecule has 2 bridgehead atoms. The molecule has 2 aliphatic carbocycles. The van der Waals surface area contributed by atoms with E-state index in [0.29, 0.717) is 17.8 Å². The van der Waals surface area contributed by atoms with Crippen LogP contribution in [0.25, 0.3) is 6.08 Å². The number of rotatable bonds is 4. The summed E-state index contributed by atoms with van der Waals surface area (Å²) in [5.41, 5.74) is 2.47. The normalized spacial score (nSPS) is 35.5. The molecule has 1 aliphatic heterocycles. The second-order valence-corrected chi connectivity index (χ2v) is 6.93. The Kier molecular flexibility index (Phi) is 3.17. The van der Waals surface area contributed by atoms with Crippen molar-refractivity contribution in [1.82, 2.24) is 0 Å². The summed E-state index contributed by atoms with van der Waals surface area (Å²) in [5, 5.41) is 0. The molecule has 0 aromatic heterocycles. The second-order valence-electron chi connectivity index (χ2n) is 6.93. The van der Waals surface area contributed by atoms with Crippen molar-refractivity contribution in [2.45, 2.75) is 25.7 Å². The standard InChI is InChI=1S/C19H20O3/c1-2-11-3-5-12(6-4-11)7-8-13-9-14-10-15(13)17-16(14)18(20)22-19(17)21/h2-6,13-17H,1,7-10H2. The predicted octanol–water partition coefficient (Wildman–Crippen LogP) is 3.23. The molecule has 5 atom stereocenters. The van der Waals surface area contributed by atoms with E-state index in [2.05, 4.69) is 30.8 Å². The number of fused-ring (bicyclic) bond motifs is 5. The Morgan fingerprint density at radius 2 is 1.82 bits per heavy atom. The number of hydrogen-bond acceptors (Lipinski definition) is 3. The Balaban J connectivity index is 1.42. The van der Waals surface area contributed by atoms with E-state index in [1.807, 2.05) is 6.08 Å². The van der Waals surface area contributed by atoms with Gasteiger partial charge < -0.3 is 4.74 Å². The quantitative estimate of drug-likeness (QED) is 0.633. The lowest BCUT2D eigenvalue weighted by Crippen LogP contribution is -2.30. The Morgan fingerprint density at radius 1 is 1.09 bits per heavy atom. The van der Waals surface area contributed by atoms with Crippen LogP contribution in [0.2, 0.25) is 0 Å². The van der Waals surface area contributed by atoms with Crippen LogP contribution < -0.4 is 0 Å². The van der Waals surface area contributed by atoms with Gasteiger partial charge in [-0.25, -0.2) is 0 Å². The van der Waals surface area contributed by atoms with Gasteiger partial charge in [-0.15, -0.1) is 0 Å². The van der Waals surface area contributed by atoms with Crippen LogP contribution in [0.5, 0.6) is 0 Å². The van der Waals surface area contributed by atoms with E-state index in [1.165, 1.54) is 5.56 Å². The van der Waals surface area contributed by atoms with Crippen molar-refractivity contribution >= 4 is 18.0 Å². The molecule has 3 nitrogen and oxygen atoms in total. The summed E-state index contributed by atoms with van der Waals surface area (Å²) in [4.78, 5) is 23.6. The first-order valence-corrected chi connectivity index (χ1v) is 8.14. The molecule has 1 aromatic rings. The van der Waals surface area contributed by atoms with E-state index < -0.39 is 0 Å². The zero-order valence-corrected chi connectivity index (χ0v) is 12.5. The average molecular weight is 296 g/mol. The summed E-state index contributed by atoms with van der Waals surface area (Å²) in [6, 6.07) is 8.49. The predicted molar refractivity (Wildman–Crippen MR) is 82.6 cm³/mol. The first kappa shape index (κ1) is 13.7. The number of ether oxygens (including phenoxy) is 1. The molecule has 4 rings (SSSR count). The molecule has 3 aliphatic rings. The van der Waals surface area contributed by atoms with Gasteiger partial charge in [-0.3, -0.25) is 9.59 Å². The van der Waals surface area contributed by atoms with E-state index in [1.54, 1.807) is 0 Å². The molecule has 0 spiro atoms. The molecule has 114 valence electrons. The summed E-state index contributed by atoms with van der Waals surface area (Å²) < 4.78 is 4.86. The van der Waals surface area contributed by atoms with Gasteiger partial charge in [0.25, 0.3) is 0 Å². The second kappa shape index (κ2) is 5.08. The number of esters is 2. The lowest BCUT2D eigenvalue weighted by molar-refractivity contribution is -0.154. The van der Waals surface area contributed by atoms with Crippen molar-refractivity contribution in [2.75, 3.05) is 0 Å². The van der Waals surface area contributed by atoms with Crippen LogP contribution in [-0.2, 0) is 20.7 Å². The Morgan fingerprint density at radius 3 is 2.55 bits per heavy atom.